The summed E-state index contributed by atoms with van der Waals surface area (Å²) in [4.78, 5) is 0. The zero-order chi connectivity index (χ0) is 10.3. The number of fused-ring (bicyclic) bond motifs is 2. The minimum absolute atomic E-state index is 0.0134. The quantitative estimate of drug-likeness (QED) is 0.720. The van der Waals surface area contributed by atoms with E-state index in [1.807, 2.05) is 6.07 Å². The first-order valence-electron chi connectivity index (χ1n) is 5.39. The van der Waals surface area contributed by atoms with Crippen LogP contribution in [0.25, 0.3) is 0 Å². The SMILES string of the molecule is Brc1ccc2c(c1)O[C@@H]1OCCC[C@@H]1C2. The highest BCUT2D eigenvalue weighted by Gasteiger charge is 2.32. The topological polar surface area (TPSA) is 18.5 Å². The third-order valence-corrected chi connectivity index (χ3v) is 3.63. The van der Waals surface area contributed by atoms with Gasteiger partial charge in [-0.2, -0.15) is 0 Å². The number of ether oxygens (including phenoxy) is 2. The van der Waals surface area contributed by atoms with Gasteiger partial charge in [0, 0.05) is 10.4 Å². The van der Waals surface area contributed by atoms with Gasteiger partial charge in [0.2, 0.25) is 6.29 Å². The standard InChI is InChI=1S/C12H13BrO2/c13-10-4-3-8-6-9-2-1-5-14-12(9)15-11(8)7-10/h3-4,7,9,12H,1-2,5-6H2/t9-,12+/m1/s1. The van der Waals surface area contributed by atoms with Gasteiger partial charge in [-0.05, 0) is 37.0 Å². The largest absolute Gasteiger partial charge is 0.464 e. The van der Waals surface area contributed by atoms with E-state index in [0.29, 0.717) is 5.92 Å². The van der Waals surface area contributed by atoms with Crippen molar-refractivity contribution in [2.24, 2.45) is 5.92 Å². The summed E-state index contributed by atoms with van der Waals surface area (Å²) < 4.78 is 12.6. The van der Waals surface area contributed by atoms with Crippen LogP contribution >= 0.6 is 15.9 Å². The van der Waals surface area contributed by atoms with E-state index in [4.69, 9.17) is 9.47 Å². The molecule has 0 aliphatic carbocycles. The van der Waals surface area contributed by atoms with E-state index >= 15 is 0 Å². The van der Waals surface area contributed by atoms with E-state index in [0.717, 1.165) is 29.7 Å². The third-order valence-electron chi connectivity index (χ3n) is 3.14. The summed E-state index contributed by atoms with van der Waals surface area (Å²) in [5.74, 6) is 1.53. The van der Waals surface area contributed by atoms with Crippen LogP contribution in [0.4, 0.5) is 0 Å². The normalized spacial score (nSPS) is 28.9. The van der Waals surface area contributed by atoms with Crippen molar-refractivity contribution in [2.45, 2.75) is 25.6 Å². The summed E-state index contributed by atoms with van der Waals surface area (Å²) in [5.41, 5.74) is 1.31. The Bertz CT molecular complexity index is 378. The van der Waals surface area contributed by atoms with Crippen molar-refractivity contribution in [3.05, 3.63) is 28.2 Å². The van der Waals surface area contributed by atoms with Crippen LogP contribution in [0.15, 0.2) is 22.7 Å². The number of halogens is 1. The van der Waals surface area contributed by atoms with Crippen LogP contribution in [0.3, 0.4) is 0 Å². The number of rotatable bonds is 0. The number of hydrogen-bond acceptors (Lipinski definition) is 2. The molecule has 2 aliphatic rings. The first-order valence-corrected chi connectivity index (χ1v) is 6.19. The molecule has 3 rings (SSSR count). The van der Waals surface area contributed by atoms with Crippen LogP contribution in [-0.4, -0.2) is 12.9 Å². The maximum Gasteiger partial charge on any atom is 0.202 e. The molecule has 0 bridgehead atoms. The van der Waals surface area contributed by atoms with E-state index < -0.39 is 0 Å². The van der Waals surface area contributed by atoms with Gasteiger partial charge in [-0.25, -0.2) is 0 Å². The Morgan fingerprint density at radius 2 is 2.27 bits per heavy atom. The fourth-order valence-corrected chi connectivity index (χ4v) is 2.70. The second-order valence-electron chi connectivity index (χ2n) is 4.22. The Balaban J connectivity index is 1.92. The smallest absolute Gasteiger partial charge is 0.202 e. The molecular weight excluding hydrogens is 256 g/mol. The lowest BCUT2D eigenvalue weighted by Crippen LogP contribution is -2.38. The van der Waals surface area contributed by atoms with E-state index in [1.165, 1.54) is 12.0 Å². The molecule has 1 aromatic rings. The Morgan fingerprint density at radius 1 is 1.33 bits per heavy atom. The lowest BCUT2D eigenvalue weighted by Gasteiger charge is -2.36. The molecule has 3 heteroatoms. The predicted molar refractivity (Wildman–Crippen MR) is 60.9 cm³/mol. The maximum absolute atomic E-state index is 5.86. The highest BCUT2D eigenvalue weighted by Crippen LogP contribution is 2.36. The summed E-state index contributed by atoms with van der Waals surface area (Å²) in [7, 11) is 0. The molecule has 0 saturated carbocycles. The molecule has 0 radical (unpaired) electrons. The van der Waals surface area contributed by atoms with Gasteiger partial charge in [0.15, 0.2) is 0 Å². The van der Waals surface area contributed by atoms with Gasteiger partial charge in [-0.3, -0.25) is 0 Å². The van der Waals surface area contributed by atoms with Crippen molar-refractivity contribution in [3.8, 4) is 5.75 Å². The Hall–Kier alpha value is -0.540. The monoisotopic (exact) mass is 268 g/mol. The fourth-order valence-electron chi connectivity index (χ4n) is 2.36. The summed E-state index contributed by atoms with van der Waals surface area (Å²) in [6.45, 7) is 0.838. The van der Waals surface area contributed by atoms with Gasteiger partial charge in [0.25, 0.3) is 0 Å². The van der Waals surface area contributed by atoms with Crippen molar-refractivity contribution < 1.29 is 9.47 Å². The lowest BCUT2D eigenvalue weighted by molar-refractivity contribution is -0.148. The Labute approximate surface area is 97.7 Å². The molecule has 2 atom stereocenters. The van der Waals surface area contributed by atoms with Crippen LogP contribution in [0.5, 0.6) is 5.75 Å². The summed E-state index contributed by atoms with van der Waals surface area (Å²) in [6, 6.07) is 6.25. The van der Waals surface area contributed by atoms with Crippen LogP contribution < -0.4 is 4.74 Å². The van der Waals surface area contributed by atoms with Crippen LogP contribution in [0.1, 0.15) is 18.4 Å². The van der Waals surface area contributed by atoms with Gasteiger partial charge >= 0.3 is 0 Å². The van der Waals surface area contributed by atoms with Gasteiger partial charge in [-0.15, -0.1) is 0 Å². The molecule has 1 saturated heterocycles. The van der Waals surface area contributed by atoms with E-state index in [1.54, 1.807) is 0 Å². The van der Waals surface area contributed by atoms with Gasteiger partial charge < -0.3 is 9.47 Å². The molecule has 0 amide bonds. The van der Waals surface area contributed by atoms with E-state index in [9.17, 15) is 0 Å². The number of benzene rings is 1. The van der Waals surface area contributed by atoms with Crippen molar-refractivity contribution in [3.63, 3.8) is 0 Å². The Kier molecular flexibility index (Phi) is 2.45. The molecule has 1 fully saturated rings. The average molecular weight is 269 g/mol. The highest BCUT2D eigenvalue weighted by atomic mass is 79.9. The molecular formula is C12H13BrO2. The summed E-state index contributed by atoms with van der Waals surface area (Å²) in [6.07, 6.45) is 3.46. The molecule has 80 valence electrons. The molecule has 1 aromatic carbocycles. The molecule has 2 nitrogen and oxygen atoms in total. The van der Waals surface area contributed by atoms with Crippen molar-refractivity contribution in [2.75, 3.05) is 6.61 Å². The van der Waals surface area contributed by atoms with Gasteiger partial charge in [0.05, 0.1) is 6.61 Å². The van der Waals surface area contributed by atoms with Crippen LogP contribution in [0, 0.1) is 5.92 Å². The first kappa shape index (κ1) is 9.67. The van der Waals surface area contributed by atoms with Crippen molar-refractivity contribution >= 4 is 15.9 Å². The molecule has 0 unspecified atom stereocenters. The molecule has 0 N–H and O–H groups in total. The second-order valence-corrected chi connectivity index (χ2v) is 5.13. The van der Waals surface area contributed by atoms with Crippen molar-refractivity contribution in [1.29, 1.82) is 0 Å². The Morgan fingerprint density at radius 3 is 3.20 bits per heavy atom. The molecule has 0 aromatic heterocycles. The lowest BCUT2D eigenvalue weighted by atomic mass is 9.90. The minimum Gasteiger partial charge on any atom is -0.464 e. The maximum atomic E-state index is 5.86. The third kappa shape index (κ3) is 1.79. The average Bonchev–Trinajstić information content (AvgIpc) is 2.26. The number of hydrogen-bond donors (Lipinski definition) is 0. The molecule has 2 aliphatic heterocycles. The zero-order valence-corrected chi connectivity index (χ0v) is 10.00. The van der Waals surface area contributed by atoms with Crippen LogP contribution in [0.2, 0.25) is 0 Å². The molecule has 2 heterocycles. The van der Waals surface area contributed by atoms with Gasteiger partial charge in [-0.1, -0.05) is 22.0 Å². The zero-order valence-electron chi connectivity index (χ0n) is 8.41. The molecule has 0 spiro atoms. The second kappa shape index (κ2) is 3.80. The van der Waals surface area contributed by atoms with Gasteiger partial charge in [0.1, 0.15) is 5.75 Å². The van der Waals surface area contributed by atoms with E-state index in [-0.39, 0.29) is 6.29 Å². The van der Waals surface area contributed by atoms with E-state index in [2.05, 4.69) is 28.1 Å². The predicted octanol–water partition coefficient (Wildman–Crippen LogP) is 3.14. The summed E-state index contributed by atoms with van der Waals surface area (Å²) >= 11 is 3.46. The highest BCUT2D eigenvalue weighted by molar-refractivity contribution is 9.10. The fraction of sp³-hybridized carbons (Fsp3) is 0.500. The van der Waals surface area contributed by atoms with Crippen molar-refractivity contribution in [1.82, 2.24) is 0 Å². The van der Waals surface area contributed by atoms with Crippen LogP contribution in [-0.2, 0) is 11.2 Å². The molecule has 15 heavy (non-hydrogen) atoms. The minimum atomic E-state index is -0.0134. The first-order chi connectivity index (χ1) is 7.33. The summed E-state index contributed by atoms with van der Waals surface area (Å²) in [5, 5.41) is 0.